The third kappa shape index (κ3) is 6.26. The second-order valence-electron chi connectivity index (χ2n) is 9.85. The minimum absolute atomic E-state index is 0.216. The smallest absolute Gasteiger partial charge is 0.255 e. The highest BCUT2D eigenvalue weighted by atomic mass is 79.9. The third-order valence-corrected chi connectivity index (χ3v) is 8.14. The van der Waals surface area contributed by atoms with Crippen LogP contribution in [0.4, 0.5) is 11.6 Å². The van der Waals surface area contributed by atoms with E-state index in [4.69, 9.17) is 14.8 Å². The Morgan fingerprint density at radius 3 is 2.45 bits per heavy atom. The molecule has 0 bridgehead atoms. The molecule has 0 aliphatic carbocycles. The van der Waals surface area contributed by atoms with E-state index in [0.29, 0.717) is 34.7 Å². The van der Waals surface area contributed by atoms with Gasteiger partial charge < -0.3 is 15.4 Å². The molecule has 2 heterocycles. The summed E-state index contributed by atoms with van der Waals surface area (Å²) >= 11 is 5.24. The highest BCUT2D eigenvalue weighted by molar-refractivity contribution is 9.10. The average Bonchev–Trinajstić information content (AvgIpc) is 3.34. The summed E-state index contributed by atoms with van der Waals surface area (Å²) in [4.78, 5) is 18.7. The number of allylic oxidation sites excluding steroid dienone is 1. The lowest BCUT2D eigenvalue weighted by Crippen LogP contribution is -2.31. The Labute approximate surface area is 247 Å². The van der Waals surface area contributed by atoms with Crippen LogP contribution in [-0.4, -0.2) is 26.4 Å². The number of aromatic nitrogens is 3. The number of aryl methyl sites for hydroxylation is 2. The normalized spacial score (nSPS) is 14.5. The van der Waals surface area contributed by atoms with Gasteiger partial charge in [-0.1, -0.05) is 82.1 Å². The van der Waals surface area contributed by atoms with E-state index in [9.17, 15) is 4.79 Å². The molecular weight excluding hydrogens is 586 g/mol. The molecule has 0 saturated carbocycles. The SMILES string of the molecule is CCCSc1nc2n(n1)C(c1cc(Br)ccc1OCc1ccc(C)cc1)C(C(=O)Nc1ccc(C)cc1)=C(C)N2. The molecule has 1 aromatic heterocycles. The average molecular weight is 619 g/mol. The minimum Gasteiger partial charge on any atom is -0.489 e. The molecular formula is C31H32BrN5O2S. The maximum absolute atomic E-state index is 13.9. The zero-order valence-corrected chi connectivity index (χ0v) is 25.4. The van der Waals surface area contributed by atoms with E-state index >= 15 is 0 Å². The largest absolute Gasteiger partial charge is 0.489 e. The number of halogens is 1. The van der Waals surface area contributed by atoms with Gasteiger partial charge in [0.25, 0.3) is 5.91 Å². The Morgan fingerprint density at radius 1 is 1.05 bits per heavy atom. The number of anilines is 2. The van der Waals surface area contributed by atoms with Gasteiger partial charge in [-0.2, -0.15) is 4.98 Å². The van der Waals surface area contributed by atoms with Crippen LogP contribution in [0.25, 0.3) is 0 Å². The van der Waals surface area contributed by atoms with Gasteiger partial charge in [-0.3, -0.25) is 4.79 Å². The van der Waals surface area contributed by atoms with Crippen molar-refractivity contribution in [2.75, 3.05) is 16.4 Å². The van der Waals surface area contributed by atoms with Gasteiger partial charge in [-0.15, -0.1) is 5.10 Å². The summed E-state index contributed by atoms with van der Waals surface area (Å²) in [6.45, 7) is 8.51. The summed E-state index contributed by atoms with van der Waals surface area (Å²) in [5.41, 5.74) is 6.18. The second kappa shape index (κ2) is 12.3. The molecule has 1 aliphatic rings. The highest BCUT2D eigenvalue weighted by Gasteiger charge is 2.36. The number of thioether (sulfide) groups is 1. The van der Waals surface area contributed by atoms with Crippen molar-refractivity contribution < 1.29 is 9.53 Å². The van der Waals surface area contributed by atoms with Gasteiger partial charge in [0.1, 0.15) is 18.4 Å². The number of hydrogen-bond acceptors (Lipinski definition) is 6. The molecule has 3 aromatic carbocycles. The molecule has 2 N–H and O–H groups in total. The van der Waals surface area contributed by atoms with Gasteiger partial charge in [0.15, 0.2) is 0 Å². The first kappa shape index (κ1) is 28.0. The number of carbonyl (C=O) groups is 1. The van der Waals surface area contributed by atoms with Gasteiger partial charge >= 0.3 is 0 Å². The molecule has 1 aliphatic heterocycles. The number of nitrogens with one attached hydrogen (secondary N) is 2. The third-order valence-electron chi connectivity index (χ3n) is 6.60. The maximum atomic E-state index is 13.9. The lowest BCUT2D eigenvalue weighted by atomic mass is 9.94. The summed E-state index contributed by atoms with van der Waals surface area (Å²) in [6, 6.07) is 21.4. The van der Waals surface area contributed by atoms with Crippen LogP contribution < -0.4 is 15.4 Å². The Hall–Kier alpha value is -3.56. The highest BCUT2D eigenvalue weighted by Crippen LogP contribution is 2.41. The van der Waals surface area contributed by atoms with Crippen molar-refractivity contribution in [3.8, 4) is 5.75 Å². The number of nitrogens with zero attached hydrogens (tertiary/aromatic N) is 3. The number of amides is 1. The predicted octanol–water partition coefficient (Wildman–Crippen LogP) is 7.67. The molecule has 9 heteroatoms. The molecule has 4 aromatic rings. The quantitative estimate of drug-likeness (QED) is 0.188. The van der Waals surface area contributed by atoms with Gasteiger partial charge in [-0.25, -0.2) is 4.68 Å². The number of hydrogen-bond donors (Lipinski definition) is 2. The monoisotopic (exact) mass is 617 g/mol. The first-order valence-corrected chi connectivity index (χ1v) is 15.0. The minimum atomic E-state index is -0.560. The van der Waals surface area contributed by atoms with Crippen molar-refractivity contribution in [3.05, 3.63) is 105 Å². The molecule has 1 unspecified atom stereocenters. The molecule has 0 spiro atoms. The molecule has 1 atom stereocenters. The van der Waals surface area contributed by atoms with Crippen LogP contribution in [0.2, 0.25) is 0 Å². The summed E-state index contributed by atoms with van der Waals surface area (Å²) in [5.74, 6) is 1.96. The molecule has 0 radical (unpaired) electrons. The zero-order valence-electron chi connectivity index (χ0n) is 23.0. The summed E-state index contributed by atoms with van der Waals surface area (Å²) in [7, 11) is 0. The van der Waals surface area contributed by atoms with E-state index in [1.165, 1.54) is 5.56 Å². The van der Waals surface area contributed by atoms with Crippen molar-refractivity contribution in [1.29, 1.82) is 0 Å². The fraction of sp³-hybridized carbons (Fsp3) is 0.258. The van der Waals surface area contributed by atoms with Crippen molar-refractivity contribution >= 4 is 45.2 Å². The molecule has 0 fully saturated rings. The lowest BCUT2D eigenvalue weighted by Gasteiger charge is -2.30. The van der Waals surface area contributed by atoms with Gasteiger partial charge in [0, 0.05) is 27.2 Å². The van der Waals surface area contributed by atoms with Crippen molar-refractivity contribution in [1.82, 2.24) is 14.8 Å². The summed E-state index contributed by atoms with van der Waals surface area (Å²) in [6.07, 6.45) is 1.01. The van der Waals surface area contributed by atoms with E-state index in [0.717, 1.165) is 39.0 Å². The number of rotatable bonds is 9. The van der Waals surface area contributed by atoms with E-state index in [1.54, 1.807) is 16.4 Å². The van der Waals surface area contributed by atoms with Crippen LogP contribution in [0.5, 0.6) is 5.75 Å². The Balaban J connectivity index is 1.57. The number of ether oxygens (including phenoxy) is 1. The van der Waals surface area contributed by atoms with E-state index in [2.05, 4.69) is 64.7 Å². The summed E-state index contributed by atoms with van der Waals surface area (Å²) < 4.78 is 9.07. The van der Waals surface area contributed by atoms with E-state index < -0.39 is 6.04 Å². The van der Waals surface area contributed by atoms with Crippen LogP contribution in [0.3, 0.4) is 0 Å². The van der Waals surface area contributed by atoms with Crippen molar-refractivity contribution in [3.63, 3.8) is 0 Å². The number of carbonyl (C=O) groups excluding carboxylic acids is 1. The molecule has 0 saturated heterocycles. The zero-order chi connectivity index (χ0) is 28.2. The first-order chi connectivity index (χ1) is 19.3. The summed E-state index contributed by atoms with van der Waals surface area (Å²) in [5, 5.41) is 11.9. The Morgan fingerprint density at radius 2 is 1.75 bits per heavy atom. The number of benzene rings is 3. The van der Waals surface area contributed by atoms with Crippen LogP contribution in [0.15, 0.2) is 87.6 Å². The van der Waals surface area contributed by atoms with E-state index in [1.807, 2.05) is 56.3 Å². The maximum Gasteiger partial charge on any atom is 0.255 e. The van der Waals surface area contributed by atoms with E-state index in [-0.39, 0.29) is 5.91 Å². The van der Waals surface area contributed by atoms with Crippen LogP contribution in [-0.2, 0) is 11.4 Å². The van der Waals surface area contributed by atoms with Crippen molar-refractivity contribution in [2.45, 2.75) is 51.9 Å². The Kier molecular flexibility index (Phi) is 8.61. The van der Waals surface area contributed by atoms with Gasteiger partial charge in [-0.05, 0) is 63.1 Å². The topological polar surface area (TPSA) is 81.1 Å². The molecule has 40 heavy (non-hydrogen) atoms. The molecule has 1 amide bonds. The van der Waals surface area contributed by atoms with Crippen LogP contribution in [0, 0.1) is 13.8 Å². The van der Waals surface area contributed by atoms with Gasteiger partial charge in [0.05, 0.1) is 5.57 Å². The molecule has 206 valence electrons. The standard InChI is InChI=1S/C31H32BrN5O2S/c1-5-16-40-31-35-30-33-21(4)27(29(38)34-24-13-8-20(3)9-14-24)28(37(30)36-31)25-17-23(32)12-15-26(25)39-18-22-10-6-19(2)7-11-22/h6-15,17,28H,5,16,18H2,1-4H3,(H,34,38)(H,33,35,36). The molecule has 5 rings (SSSR count). The Bertz CT molecular complexity index is 1550. The number of fused-ring (bicyclic) bond motifs is 1. The predicted molar refractivity (Wildman–Crippen MR) is 165 cm³/mol. The van der Waals surface area contributed by atoms with Crippen LogP contribution in [0.1, 0.15) is 48.6 Å². The fourth-order valence-electron chi connectivity index (χ4n) is 4.51. The lowest BCUT2D eigenvalue weighted by molar-refractivity contribution is -0.113. The first-order valence-electron chi connectivity index (χ1n) is 13.3. The molecule has 7 nitrogen and oxygen atoms in total. The second-order valence-corrected chi connectivity index (χ2v) is 11.8. The van der Waals surface area contributed by atoms with Crippen molar-refractivity contribution in [2.24, 2.45) is 0 Å². The van der Waals surface area contributed by atoms with Crippen LogP contribution >= 0.6 is 27.7 Å². The fourth-order valence-corrected chi connectivity index (χ4v) is 5.57. The van der Waals surface area contributed by atoms with Gasteiger partial charge in [0.2, 0.25) is 11.1 Å².